The number of hydrogen-bond donors (Lipinski definition) is 6. The summed E-state index contributed by atoms with van der Waals surface area (Å²) in [5, 5.41) is 11.5. The van der Waals surface area contributed by atoms with Crippen LogP contribution < -0.4 is 30.7 Å². The predicted octanol–water partition coefficient (Wildman–Crippen LogP) is 12.2. The fraction of sp³-hybridized carbons (Fsp3) is 0.573. The Balaban J connectivity index is 0.000000249. The maximum Gasteiger partial charge on any atom is 0.419 e. The van der Waals surface area contributed by atoms with E-state index in [9.17, 15) is 85.9 Å². The molecule has 4 aromatic carbocycles. The van der Waals surface area contributed by atoms with Crippen molar-refractivity contribution >= 4 is 102 Å². The lowest BCUT2D eigenvalue weighted by Gasteiger charge is -2.36. The number of carbonyl (C=O) groups excluding carboxylic acids is 8. The number of halogens is 9. The topological polar surface area (TPSA) is 308 Å². The monoisotopic (exact) mass is 1630 g/mol. The maximum atomic E-state index is 14.5. The van der Waals surface area contributed by atoms with Crippen LogP contribution in [0.3, 0.4) is 0 Å². The first kappa shape index (κ1) is 85.8. The van der Waals surface area contributed by atoms with Crippen LogP contribution in [0.2, 0.25) is 10.0 Å². The molecule has 0 bridgehead atoms. The highest BCUT2D eigenvalue weighted by atomic mass is 35.5. The van der Waals surface area contributed by atoms with E-state index in [1.165, 1.54) is 33.8 Å². The minimum atomic E-state index is -5.01. The third-order valence-electron chi connectivity index (χ3n) is 21.6. The highest BCUT2D eigenvalue weighted by Gasteiger charge is 2.65. The van der Waals surface area contributed by atoms with Gasteiger partial charge in [0, 0.05) is 47.4 Å². The number of alkyl halides is 6. The molecule has 1 unspecified atom stereocenters. The van der Waals surface area contributed by atoms with Crippen LogP contribution in [0.1, 0.15) is 175 Å². The molecule has 4 aromatic rings. The minimum absolute atomic E-state index is 0. The number of rotatable bonds is 20. The lowest BCUT2D eigenvalue weighted by atomic mass is 9.85. The van der Waals surface area contributed by atoms with E-state index in [0.717, 1.165) is 45.4 Å². The Morgan fingerprint density at radius 1 is 0.582 bits per heavy atom. The van der Waals surface area contributed by atoms with E-state index >= 15 is 0 Å². The molecule has 110 heavy (non-hydrogen) atoms. The van der Waals surface area contributed by atoms with E-state index < -0.39 is 171 Å². The second-order valence-corrected chi connectivity index (χ2v) is 36.7. The average Bonchev–Trinajstić information content (AvgIpc) is 1.57. The fourth-order valence-electron chi connectivity index (χ4n) is 14.5. The molecule has 604 valence electrons. The van der Waals surface area contributed by atoms with Crippen molar-refractivity contribution < 1.29 is 95.4 Å². The van der Waals surface area contributed by atoms with Gasteiger partial charge in [0.2, 0.25) is 43.7 Å². The summed E-state index contributed by atoms with van der Waals surface area (Å²) < 4.78 is 162. The molecule has 0 radical (unpaired) electrons. The number of carbonyl (C=O) groups is 8. The van der Waals surface area contributed by atoms with Gasteiger partial charge in [-0.2, -0.15) is 26.3 Å². The molecular formula is C75H95Cl2F7N10O14S2. The molecule has 6 N–H and O–H groups in total. The number of likely N-dealkylation sites (tertiary alicyclic amines) is 2. The van der Waals surface area contributed by atoms with Crippen LogP contribution in [0, 0.1) is 28.5 Å². The van der Waals surface area contributed by atoms with Gasteiger partial charge in [-0.05, 0) is 139 Å². The molecular weight excluding hydrogens is 1530 g/mol. The van der Waals surface area contributed by atoms with Crippen molar-refractivity contribution in [2.45, 2.75) is 237 Å². The summed E-state index contributed by atoms with van der Waals surface area (Å²) in [4.78, 5) is 117. The van der Waals surface area contributed by atoms with Crippen LogP contribution in [-0.4, -0.2) is 155 Å². The van der Waals surface area contributed by atoms with Crippen molar-refractivity contribution in [2.24, 2.45) is 22.7 Å². The normalized spacial score (nSPS) is 24.3. The first-order valence-electron chi connectivity index (χ1n) is 35.6. The summed E-state index contributed by atoms with van der Waals surface area (Å²) in [5.74, 6) is -6.96. The average molecular weight is 1630 g/mol. The van der Waals surface area contributed by atoms with Crippen LogP contribution in [0.4, 0.5) is 51.7 Å². The molecule has 0 aromatic heterocycles. The van der Waals surface area contributed by atoms with Crippen LogP contribution in [0.15, 0.2) is 78.9 Å². The second-order valence-electron chi connectivity index (χ2n) is 31.7. The van der Waals surface area contributed by atoms with E-state index in [0.29, 0.717) is 60.7 Å². The molecule has 6 fully saturated rings. The van der Waals surface area contributed by atoms with Gasteiger partial charge in [-0.25, -0.2) is 30.8 Å². The van der Waals surface area contributed by atoms with Crippen molar-refractivity contribution in [2.75, 3.05) is 23.7 Å². The van der Waals surface area contributed by atoms with Gasteiger partial charge in [0.1, 0.15) is 53.3 Å². The smallest absolute Gasteiger partial charge is 0.419 e. The zero-order valence-electron chi connectivity index (χ0n) is 60.7. The van der Waals surface area contributed by atoms with Gasteiger partial charge in [0.15, 0.2) is 0 Å². The van der Waals surface area contributed by atoms with Gasteiger partial charge in [-0.15, -0.1) is 0 Å². The van der Waals surface area contributed by atoms with Gasteiger partial charge in [0.05, 0.1) is 47.3 Å². The zero-order valence-corrected chi connectivity index (χ0v) is 63.9. The van der Waals surface area contributed by atoms with Crippen molar-refractivity contribution in [1.29, 1.82) is 0 Å². The quantitative estimate of drug-likeness (QED) is 0.0448. The Bertz CT molecular complexity index is 4500. The summed E-state index contributed by atoms with van der Waals surface area (Å²) in [7, 11) is -7.98. The first-order valence-corrected chi connectivity index (χ1v) is 39.4. The first-order chi connectivity index (χ1) is 50.2. The SMILES string of the molecule is C.C.CC[C@@H]1CC1(NC(=O)[C@@H]1C[C@@H](OC(=O)N2Cc3cccc(Cl)c3C2)CN1C(=O)[C@@H](Nc1ccc(F)c(C(F)(F)F)c1)C(C)(C)C)C(=O)NS(=O)(=O)C1CC1.CC[C@@H]1C[C@]1(NC(=O)[C@@H]1C[C@@H](OC(=O)N2Cc3cccc(Cl)c3C2)CN1C(=O)[C@@H](Nc1cccc(C(F)(F)F)c1)C(C)(C)C)C(=O)NS(=O)(=O)C1(C)CC1. The Kier molecular flexibility index (Phi) is 24.5. The third kappa shape index (κ3) is 18.1. The maximum absolute atomic E-state index is 14.5. The standard InChI is InChI=1S/C37H45ClF3N5O7S.C36H42ClF4N5O7S.2CH4/c1-6-22-17-36(22,32(49)44-54(51,52)35(5)13-14-35)43-30(47)28-16-25(53-33(50)45-18-21-9-7-12-27(38)26(21)20-45)19-46(28)31(48)29(34(2,3)4)42-24-11-8-10-23(15-24)37(39,40)41;1-5-20-15-35(20,32(49)44-54(51,52)23-10-11-23)43-30(47)28-14-22(53-33(50)45-16-19-7-6-8-26(37)24(19)18-45)17-46(28)31(48)29(34(2,3)4)42-21-9-12-27(38)25(13-21)36(39,40)41;;/h7-12,15,22,25,28-29,42H,6,13-14,16-20H2,1-5H3,(H,43,47)(H,44,49);6-9,12-13,20,22-23,28-29,42H,5,10-11,14-18H2,1-4H3,(H,43,47)(H,44,49);2*1H4/t22-,25-,28+,29-,36-;20-,22-,28+,29-,35?;;/m11../s1. The number of fused-ring (bicyclic) bond motifs is 2. The van der Waals surface area contributed by atoms with Crippen LogP contribution in [0.25, 0.3) is 0 Å². The molecule has 0 spiro atoms. The molecule has 35 heteroatoms. The number of nitrogens with one attached hydrogen (secondary N) is 6. The second kappa shape index (κ2) is 31.4. The number of ether oxygens (including phenoxy) is 2. The molecule has 4 heterocycles. The summed E-state index contributed by atoms with van der Waals surface area (Å²) in [6.07, 6.45) is -10.6. The number of sulfonamides is 2. The predicted molar refractivity (Wildman–Crippen MR) is 396 cm³/mol. The Morgan fingerprint density at radius 2 is 1.01 bits per heavy atom. The third-order valence-corrected chi connectivity index (χ3v) is 26.3. The molecule has 4 aliphatic heterocycles. The van der Waals surface area contributed by atoms with Crippen molar-refractivity contribution in [1.82, 2.24) is 39.7 Å². The highest BCUT2D eigenvalue weighted by Crippen LogP contribution is 2.50. The molecule has 8 amide bonds. The van der Waals surface area contributed by atoms with Crippen LogP contribution >= 0.6 is 23.2 Å². The molecule has 2 saturated heterocycles. The largest absolute Gasteiger partial charge is 0.444 e. The molecule has 10 atom stereocenters. The fourth-order valence-corrected chi connectivity index (χ4v) is 17.7. The molecule has 4 saturated carbocycles. The lowest BCUT2D eigenvalue weighted by Crippen LogP contribution is -2.59. The van der Waals surface area contributed by atoms with Gasteiger partial charge in [0.25, 0.3) is 11.8 Å². The van der Waals surface area contributed by atoms with Crippen molar-refractivity contribution in [3.8, 4) is 0 Å². The zero-order chi connectivity index (χ0) is 79.1. The van der Waals surface area contributed by atoms with Gasteiger partial charge >= 0.3 is 24.5 Å². The Hall–Kier alpha value is -8.17. The number of amides is 8. The summed E-state index contributed by atoms with van der Waals surface area (Å²) in [6, 6.07) is 12.2. The van der Waals surface area contributed by atoms with Gasteiger partial charge in [-0.3, -0.25) is 48.0 Å². The summed E-state index contributed by atoms with van der Waals surface area (Å²) in [6.45, 7) is 15.5. The van der Waals surface area contributed by atoms with Crippen LogP contribution in [0.5, 0.6) is 0 Å². The number of benzene rings is 4. The number of hydrogen-bond acceptors (Lipinski definition) is 16. The molecule has 12 rings (SSSR count). The number of anilines is 2. The Morgan fingerprint density at radius 3 is 1.39 bits per heavy atom. The van der Waals surface area contributed by atoms with Crippen molar-refractivity contribution in [3.63, 3.8) is 0 Å². The van der Waals surface area contributed by atoms with Crippen molar-refractivity contribution in [3.05, 3.63) is 128 Å². The number of nitrogens with zero attached hydrogens (tertiary/aromatic N) is 4. The lowest BCUT2D eigenvalue weighted by molar-refractivity contribution is -0.142. The summed E-state index contributed by atoms with van der Waals surface area (Å²) in [5.41, 5.74) is -4.43. The van der Waals surface area contributed by atoms with E-state index in [-0.39, 0.29) is 97.1 Å². The Labute approximate surface area is 645 Å². The minimum Gasteiger partial charge on any atom is -0.444 e. The van der Waals surface area contributed by atoms with E-state index in [2.05, 4.69) is 30.7 Å². The molecule has 4 aliphatic carbocycles. The van der Waals surface area contributed by atoms with Crippen LogP contribution in [-0.2, 0) is 96.8 Å². The van der Waals surface area contributed by atoms with E-state index in [4.69, 9.17) is 32.7 Å². The molecule has 24 nitrogen and oxygen atoms in total. The highest BCUT2D eigenvalue weighted by molar-refractivity contribution is 7.91. The van der Waals surface area contributed by atoms with Gasteiger partial charge < -0.3 is 40.5 Å². The van der Waals surface area contributed by atoms with E-state index in [1.807, 2.05) is 12.1 Å². The molecule has 8 aliphatic rings. The van der Waals surface area contributed by atoms with Gasteiger partial charge in [-0.1, -0.05) is 137 Å². The summed E-state index contributed by atoms with van der Waals surface area (Å²) >= 11 is 12.7. The van der Waals surface area contributed by atoms with E-state index in [1.54, 1.807) is 79.7 Å².